The summed E-state index contributed by atoms with van der Waals surface area (Å²) in [6, 6.07) is 12.1. The van der Waals surface area contributed by atoms with Crippen LogP contribution in [-0.2, 0) is 24.2 Å². The van der Waals surface area contributed by atoms with Gasteiger partial charge in [0.15, 0.2) is 17.4 Å². The lowest BCUT2D eigenvalue weighted by Crippen LogP contribution is -2.13. The Morgan fingerprint density at radius 3 is 2.38 bits per heavy atom. The minimum Gasteiger partial charge on any atom is -0.481 e. The van der Waals surface area contributed by atoms with Gasteiger partial charge in [0.2, 0.25) is 0 Å². The molecule has 0 aliphatic rings. The van der Waals surface area contributed by atoms with Crippen molar-refractivity contribution in [2.24, 2.45) is 5.92 Å². The topological polar surface area (TPSA) is 64.4 Å². The van der Waals surface area contributed by atoms with Crippen molar-refractivity contribution in [3.05, 3.63) is 76.6 Å². The molecule has 0 radical (unpaired) electrons. The second-order valence-corrected chi connectivity index (χ2v) is 8.08. The lowest BCUT2D eigenvalue weighted by Gasteiger charge is -2.13. The Kier molecular flexibility index (Phi) is 7.62. The summed E-state index contributed by atoms with van der Waals surface area (Å²) in [6.45, 7) is 5.41. The number of aryl methyl sites for hydroxylation is 2. The van der Waals surface area contributed by atoms with Gasteiger partial charge in [-0.15, -0.1) is 0 Å². The maximum absolute atomic E-state index is 14.5. The van der Waals surface area contributed by atoms with E-state index in [0.29, 0.717) is 5.69 Å². The average molecular weight is 443 g/mol. The third-order valence-corrected chi connectivity index (χ3v) is 5.29. The molecule has 0 aliphatic carbocycles. The fourth-order valence-electron chi connectivity index (χ4n) is 3.52. The normalized spacial score (nSPS) is 12.0. The fraction of sp³-hybridized carbons (Fsp3) is 0.360. The van der Waals surface area contributed by atoms with Crippen LogP contribution in [0.1, 0.15) is 49.2 Å². The molecule has 0 spiro atoms. The molecule has 1 aromatic heterocycles. The van der Waals surface area contributed by atoms with E-state index in [1.807, 2.05) is 25.1 Å². The lowest BCUT2D eigenvalue weighted by molar-refractivity contribution is -0.141. The lowest BCUT2D eigenvalue weighted by atomic mass is 10.0. The highest BCUT2D eigenvalue weighted by atomic mass is 19.1. The van der Waals surface area contributed by atoms with Crippen LogP contribution in [-0.4, -0.2) is 20.9 Å². The van der Waals surface area contributed by atoms with Crippen molar-refractivity contribution in [1.82, 2.24) is 9.78 Å². The molecule has 0 amide bonds. The quantitative estimate of drug-likeness (QED) is 0.441. The molecular weight excluding hydrogens is 414 g/mol. The number of aromatic nitrogens is 2. The number of carboxylic acids is 1. The molecule has 0 saturated heterocycles. The molecule has 1 heterocycles. The molecule has 0 bridgehead atoms. The maximum atomic E-state index is 14.5. The van der Waals surface area contributed by atoms with Gasteiger partial charge in [0.25, 0.3) is 0 Å². The van der Waals surface area contributed by atoms with Crippen LogP contribution in [0.4, 0.5) is 8.78 Å². The van der Waals surface area contributed by atoms with Crippen LogP contribution in [0.25, 0.3) is 5.69 Å². The third kappa shape index (κ3) is 5.72. The van der Waals surface area contributed by atoms with Gasteiger partial charge in [-0.3, -0.25) is 4.79 Å². The van der Waals surface area contributed by atoms with Crippen LogP contribution in [0, 0.1) is 24.5 Å². The molecule has 0 saturated carbocycles. The van der Waals surface area contributed by atoms with Crippen LogP contribution >= 0.6 is 0 Å². The number of unbranched alkanes of at least 4 members (excludes halogenated alkanes) is 1. The van der Waals surface area contributed by atoms with Crippen LogP contribution in [0.5, 0.6) is 5.75 Å². The summed E-state index contributed by atoms with van der Waals surface area (Å²) >= 11 is 0. The number of carbonyl (C=O) groups is 1. The maximum Gasteiger partial charge on any atom is 0.306 e. The van der Waals surface area contributed by atoms with Crippen LogP contribution in [0.2, 0.25) is 0 Å². The Labute approximate surface area is 186 Å². The zero-order chi connectivity index (χ0) is 23.3. The molecular formula is C25H28F2N2O3. The number of halogens is 2. The summed E-state index contributed by atoms with van der Waals surface area (Å²) in [7, 11) is 0. The van der Waals surface area contributed by atoms with Crippen LogP contribution in [0.15, 0.2) is 42.5 Å². The van der Waals surface area contributed by atoms with E-state index in [2.05, 4.69) is 24.2 Å². The van der Waals surface area contributed by atoms with Gasteiger partial charge in [0.1, 0.15) is 6.61 Å². The highest BCUT2D eigenvalue weighted by Gasteiger charge is 2.18. The van der Waals surface area contributed by atoms with Crippen molar-refractivity contribution in [2.75, 3.05) is 0 Å². The highest BCUT2D eigenvalue weighted by Crippen LogP contribution is 2.26. The van der Waals surface area contributed by atoms with Gasteiger partial charge in [-0.2, -0.15) is 5.10 Å². The Hall–Kier alpha value is -3.22. The SMILES string of the molecule is CCCCc1ccc(-n2nc(C)cc2COc2c(F)cc(CC(C)C(=O)O)cc2F)cc1. The number of carboxylic acid groups (broad SMARTS) is 1. The molecule has 1 atom stereocenters. The summed E-state index contributed by atoms with van der Waals surface area (Å²) in [5, 5.41) is 13.5. The highest BCUT2D eigenvalue weighted by molar-refractivity contribution is 5.69. The first-order chi connectivity index (χ1) is 15.3. The summed E-state index contributed by atoms with van der Waals surface area (Å²) < 4.78 is 36.2. The zero-order valence-electron chi connectivity index (χ0n) is 18.6. The second kappa shape index (κ2) is 10.4. The van der Waals surface area contributed by atoms with Crippen molar-refractivity contribution < 1.29 is 23.4 Å². The number of ether oxygens (including phenoxy) is 1. The molecule has 0 fully saturated rings. The van der Waals surface area contributed by atoms with Gasteiger partial charge in [-0.1, -0.05) is 32.4 Å². The molecule has 0 aliphatic heterocycles. The average Bonchev–Trinajstić information content (AvgIpc) is 3.12. The van der Waals surface area contributed by atoms with Gasteiger partial charge in [-0.25, -0.2) is 13.5 Å². The first kappa shape index (κ1) is 23.4. The zero-order valence-corrected chi connectivity index (χ0v) is 18.6. The predicted molar refractivity (Wildman–Crippen MR) is 118 cm³/mol. The van der Waals surface area contributed by atoms with E-state index in [0.717, 1.165) is 42.8 Å². The van der Waals surface area contributed by atoms with Gasteiger partial charge in [-0.05, 0) is 67.6 Å². The first-order valence-electron chi connectivity index (χ1n) is 10.8. The van der Waals surface area contributed by atoms with E-state index in [9.17, 15) is 13.6 Å². The second-order valence-electron chi connectivity index (χ2n) is 8.08. The van der Waals surface area contributed by atoms with E-state index in [1.54, 1.807) is 4.68 Å². The van der Waals surface area contributed by atoms with Crippen LogP contribution < -0.4 is 4.74 Å². The Balaban J connectivity index is 1.76. The minimum absolute atomic E-state index is 0.0314. The number of hydrogen-bond acceptors (Lipinski definition) is 3. The van der Waals surface area contributed by atoms with Gasteiger partial charge < -0.3 is 9.84 Å². The number of nitrogens with zero attached hydrogens (tertiary/aromatic N) is 2. The molecule has 32 heavy (non-hydrogen) atoms. The number of rotatable bonds is 10. The van der Waals surface area contributed by atoms with Crippen molar-refractivity contribution in [3.63, 3.8) is 0 Å². The van der Waals surface area contributed by atoms with Crippen molar-refractivity contribution >= 4 is 5.97 Å². The smallest absolute Gasteiger partial charge is 0.306 e. The Morgan fingerprint density at radius 1 is 1.12 bits per heavy atom. The molecule has 3 rings (SSSR count). The monoisotopic (exact) mass is 442 g/mol. The summed E-state index contributed by atoms with van der Waals surface area (Å²) in [5.74, 6) is -3.97. The van der Waals surface area contributed by atoms with Crippen molar-refractivity contribution in [2.45, 2.75) is 53.1 Å². The Morgan fingerprint density at radius 2 is 1.78 bits per heavy atom. The standard InChI is InChI=1S/C25H28F2N2O3/c1-4-5-6-18-7-9-20(10-8-18)29-21(12-17(3)28-29)15-32-24-22(26)13-19(14-23(24)27)11-16(2)25(30)31/h7-10,12-14,16H,4-6,11,15H2,1-3H3,(H,30,31). The molecule has 3 aromatic rings. The number of aliphatic carboxylic acids is 1. The largest absolute Gasteiger partial charge is 0.481 e. The minimum atomic E-state index is -1.02. The fourth-order valence-corrected chi connectivity index (χ4v) is 3.52. The van der Waals surface area contributed by atoms with E-state index < -0.39 is 29.3 Å². The van der Waals surface area contributed by atoms with Crippen LogP contribution in [0.3, 0.4) is 0 Å². The molecule has 1 N–H and O–H groups in total. The summed E-state index contributed by atoms with van der Waals surface area (Å²) in [5.41, 5.74) is 3.78. The van der Waals surface area contributed by atoms with Gasteiger partial charge >= 0.3 is 5.97 Å². The predicted octanol–water partition coefficient (Wildman–Crippen LogP) is 5.64. The van der Waals surface area contributed by atoms with Crippen molar-refractivity contribution in [1.29, 1.82) is 0 Å². The first-order valence-corrected chi connectivity index (χ1v) is 10.8. The van der Waals surface area contributed by atoms with Gasteiger partial charge in [0.05, 0.1) is 23.0 Å². The van der Waals surface area contributed by atoms with E-state index >= 15 is 0 Å². The summed E-state index contributed by atoms with van der Waals surface area (Å²) in [4.78, 5) is 11.0. The molecule has 5 nitrogen and oxygen atoms in total. The molecule has 7 heteroatoms. The van der Waals surface area contributed by atoms with E-state index in [4.69, 9.17) is 9.84 Å². The summed E-state index contributed by atoms with van der Waals surface area (Å²) in [6.07, 6.45) is 3.31. The van der Waals surface area contributed by atoms with E-state index in [-0.39, 0.29) is 18.6 Å². The number of hydrogen-bond donors (Lipinski definition) is 1. The van der Waals surface area contributed by atoms with Crippen molar-refractivity contribution in [3.8, 4) is 11.4 Å². The Bertz CT molecular complexity index is 1050. The van der Waals surface area contributed by atoms with Gasteiger partial charge in [0, 0.05) is 0 Å². The molecule has 170 valence electrons. The number of benzene rings is 2. The van der Waals surface area contributed by atoms with E-state index in [1.165, 1.54) is 12.5 Å². The molecule has 1 unspecified atom stereocenters. The molecule has 2 aromatic carbocycles. The third-order valence-electron chi connectivity index (χ3n) is 5.29.